The number of nitrogens with one attached hydrogen (secondary N) is 2. The molecule has 3 rings (SSSR count). The molecule has 1 aromatic rings. The Morgan fingerprint density at radius 1 is 1.39 bits per heavy atom. The first-order valence-corrected chi connectivity index (χ1v) is 14.1. The molecule has 38 heavy (non-hydrogen) atoms. The monoisotopic (exact) mass is 607 g/mol. The minimum absolute atomic E-state index is 0.00679. The van der Waals surface area contributed by atoms with Gasteiger partial charge in [-0.15, -0.1) is 11.6 Å². The third kappa shape index (κ3) is 7.31. The molecule has 1 saturated heterocycles. The predicted molar refractivity (Wildman–Crippen MR) is 143 cm³/mol. The number of carbonyl (C=O) groups excluding carboxylic acids is 4. The van der Waals surface area contributed by atoms with Gasteiger partial charge in [0.25, 0.3) is 17.8 Å². The highest BCUT2D eigenvalue weighted by Gasteiger charge is 2.57. The molecule has 1 aromatic heterocycles. The lowest BCUT2D eigenvalue weighted by Gasteiger charge is -2.46. The van der Waals surface area contributed by atoms with Crippen molar-refractivity contribution in [3.8, 4) is 0 Å². The molecule has 0 aliphatic carbocycles. The molecule has 0 spiro atoms. The Balaban J connectivity index is 1.81. The third-order valence-electron chi connectivity index (χ3n) is 4.87. The summed E-state index contributed by atoms with van der Waals surface area (Å²) >= 11 is 11.4. The second-order valence-corrected chi connectivity index (χ2v) is 12.3. The Kier molecular flexibility index (Phi) is 9.92. The zero-order chi connectivity index (χ0) is 28.2. The van der Waals surface area contributed by atoms with Crippen LogP contribution < -0.4 is 10.6 Å². The quantitative estimate of drug-likeness (QED) is 0.0786. The zero-order valence-corrected chi connectivity index (χ0v) is 23.9. The molecule has 18 heteroatoms. The fourth-order valence-electron chi connectivity index (χ4n) is 3.25. The molecule has 1 unspecified atom stereocenters. The lowest BCUT2D eigenvalue weighted by Crippen LogP contribution is -2.73. The number of hydrogen-bond acceptors (Lipinski definition) is 11. The van der Waals surface area contributed by atoms with E-state index >= 15 is 0 Å². The summed E-state index contributed by atoms with van der Waals surface area (Å²) in [7, 11) is 1.21. The summed E-state index contributed by atoms with van der Waals surface area (Å²) in [6.07, 6.45) is 0.578. The predicted octanol–water partition coefficient (Wildman–Crippen LogP) is 0.884. The molecule has 2 aliphatic rings. The first-order valence-electron chi connectivity index (χ1n) is 11.0. The number of alkyl halides is 1. The van der Waals surface area contributed by atoms with E-state index < -0.39 is 57.8 Å². The summed E-state index contributed by atoms with van der Waals surface area (Å²) in [6, 6.07) is -1.10. The number of halogens is 2. The van der Waals surface area contributed by atoms with Crippen LogP contribution in [0.25, 0.3) is 0 Å². The lowest BCUT2D eigenvalue weighted by atomic mass is 10.1. The van der Waals surface area contributed by atoms with Gasteiger partial charge in [-0.05, 0) is 31.9 Å². The fourth-order valence-corrected chi connectivity index (χ4v) is 6.17. The van der Waals surface area contributed by atoms with E-state index in [1.54, 1.807) is 20.8 Å². The zero-order valence-electron chi connectivity index (χ0n) is 20.7. The van der Waals surface area contributed by atoms with Crippen molar-refractivity contribution in [1.29, 1.82) is 0 Å². The van der Waals surface area contributed by atoms with Crippen LogP contribution in [0.3, 0.4) is 0 Å². The lowest BCUT2D eigenvalue weighted by molar-refractivity contribution is -0.144. The molecule has 13 nitrogen and oxygen atoms in total. The molecule has 3 heterocycles. The van der Waals surface area contributed by atoms with E-state index in [0.29, 0.717) is 5.57 Å². The molecule has 3 atom stereocenters. The minimum atomic E-state index is -1.50. The van der Waals surface area contributed by atoms with Gasteiger partial charge in [0.1, 0.15) is 28.0 Å². The van der Waals surface area contributed by atoms with Crippen LogP contribution in [0, 0.1) is 0 Å². The van der Waals surface area contributed by atoms with Crippen molar-refractivity contribution in [1.82, 2.24) is 15.2 Å². The van der Waals surface area contributed by atoms with Crippen molar-refractivity contribution in [3.63, 3.8) is 0 Å². The summed E-state index contributed by atoms with van der Waals surface area (Å²) in [5, 5.41) is 7.93. The number of aromatic nitrogens is 1. The first-order chi connectivity index (χ1) is 17.8. The highest BCUT2D eigenvalue weighted by molar-refractivity contribution is 7.92. The number of rotatable bonds is 9. The second-order valence-electron chi connectivity index (χ2n) is 8.90. The average Bonchev–Trinajstić information content (AvgIpc) is 3.19. The number of amides is 3. The van der Waals surface area contributed by atoms with Crippen LogP contribution in [0.1, 0.15) is 32.9 Å². The number of fused-ring (bicyclic) bond motifs is 1. The van der Waals surface area contributed by atoms with E-state index in [1.807, 2.05) is 0 Å². The van der Waals surface area contributed by atoms with Crippen LogP contribution >= 0.6 is 34.5 Å². The third-order valence-corrected chi connectivity index (χ3v) is 8.08. The largest absolute Gasteiger partial charge is 0.614 e. The normalized spacial score (nSPS) is 21.1. The maximum Gasteiger partial charge on any atom is 0.413 e. The van der Waals surface area contributed by atoms with Crippen molar-refractivity contribution in [2.45, 2.75) is 44.2 Å². The van der Waals surface area contributed by atoms with Crippen LogP contribution in [0.5, 0.6) is 0 Å². The molecule has 0 radical (unpaired) electrons. The summed E-state index contributed by atoms with van der Waals surface area (Å²) in [5.74, 6) is -1.66. The molecule has 206 valence electrons. The standard InChI is InChI=1S/C20H24BCl2N5O8S2/c1-20(2,3)35-19(32)26-18-25-11(14(23)37-18)12(27-34-5-4-10(29)36-21)15(30)24-13-16(31)28-7-9(6-22)8-38(33)17(13)28/h7,13,17H,4-6,8,21H2,1-3H3,(H,24,30)(H,25,26,32)/b27-12-/t13-,17-,38?/m1/s1. The Hall–Kier alpha value is -2.53. The number of hydrogen-bond donors (Lipinski definition) is 2. The number of thiazole rings is 1. The Bertz CT molecular complexity index is 1170. The smallest absolute Gasteiger partial charge is 0.413 e. The highest BCUT2D eigenvalue weighted by Crippen LogP contribution is 2.33. The molecule has 3 amide bonds. The van der Waals surface area contributed by atoms with Crippen molar-refractivity contribution < 1.29 is 38.0 Å². The summed E-state index contributed by atoms with van der Waals surface area (Å²) < 4.78 is 22.3. The Labute approximate surface area is 235 Å². The number of anilines is 1. The number of nitrogens with zero attached hydrogens (tertiary/aromatic N) is 3. The van der Waals surface area contributed by atoms with Crippen molar-refractivity contribution in [2.75, 3.05) is 23.6 Å². The fraction of sp³-hybridized carbons (Fsp3) is 0.500. The van der Waals surface area contributed by atoms with E-state index in [-0.39, 0.29) is 39.8 Å². The number of β-lactam (4-membered cyclic amide) rings is 1. The minimum Gasteiger partial charge on any atom is -0.614 e. The summed E-state index contributed by atoms with van der Waals surface area (Å²) in [4.78, 5) is 59.9. The molecule has 2 N–H and O–H groups in total. The summed E-state index contributed by atoms with van der Waals surface area (Å²) in [6.45, 7) is 4.81. The number of oxime groups is 1. The van der Waals surface area contributed by atoms with Gasteiger partial charge in [-0.2, -0.15) is 0 Å². The van der Waals surface area contributed by atoms with Gasteiger partial charge in [-0.25, -0.2) is 9.78 Å². The molecule has 0 bridgehead atoms. The molecule has 2 aliphatic heterocycles. The van der Waals surface area contributed by atoms with Crippen molar-refractivity contribution in [2.24, 2.45) is 5.16 Å². The van der Waals surface area contributed by atoms with Crippen LogP contribution in [0.4, 0.5) is 9.93 Å². The summed E-state index contributed by atoms with van der Waals surface area (Å²) in [5.41, 5.74) is -0.718. The highest BCUT2D eigenvalue weighted by atomic mass is 35.5. The first kappa shape index (κ1) is 30.0. The van der Waals surface area contributed by atoms with Crippen LogP contribution in [0.15, 0.2) is 16.9 Å². The van der Waals surface area contributed by atoms with Gasteiger partial charge in [0, 0.05) is 17.7 Å². The van der Waals surface area contributed by atoms with E-state index in [0.717, 1.165) is 11.3 Å². The van der Waals surface area contributed by atoms with Crippen LogP contribution in [0.2, 0.25) is 4.34 Å². The van der Waals surface area contributed by atoms with Gasteiger partial charge < -0.3 is 24.1 Å². The molecular weight excluding hydrogens is 584 g/mol. The average molecular weight is 608 g/mol. The van der Waals surface area contributed by atoms with E-state index in [4.69, 9.17) is 32.8 Å². The Morgan fingerprint density at radius 3 is 2.74 bits per heavy atom. The van der Waals surface area contributed by atoms with E-state index in [1.165, 1.54) is 19.1 Å². The van der Waals surface area contributed by atoms with E-state index in [2.05, 4.69) is 25.4 Å². The maximum atomic E-state index is 13.2. The van der Waals surface area contributed by atoms with E-state index in [9.17, 15) is 23.7 Å². The second kappa shape index (κ2) is 12.6. The van der Waals surface area contributed by atoms with Gasteiger partial charge in [0.2, 0.25) is 5.37 Å². The van der Waals surface area contributed by atoms with Crippen LogP contribution in [-0.2, 0) is 39.8 Å². The van der Waals surface area contributed by atoms with Crippen molar-refractivity contribution in [3.05, 3.63) is 21.8 Å². The number of ether oxygens (including phenoxy) is 1. The van der Waals surface area contributed by atoms with Gasteiger partial charge in [0.15, 0.2) is 16.9 Å². The molecule has 0 aromatic carbocycles. The number of carbonyl (C=O) groups is 4. The molecular formula is C20H24BCl2N5O8S2. The maximum absolute atomic E-state index is 13.2. The van der Waals surface area contributed by atoms with Crippen LogP contribution in [-0.4, -0.2) is 87.3 Å². The molecule has 0 saturated carbocycles. The Morgan fingerprint density at radius 2 is 2.11 bits per heavy atom. The topological polar surface area (TPSA) is 172 Å². The van der Waals surface area contributed by atoms with Gasteiger partial charge in [-0.3, -0.25) is 24.6 Å². The van der Waals surface area contributed by atoms with Gasteiger partial charge in [-0.1, -0.05) is 28.1 Å². The van der Waals surface area contributed by atoms with Gasteiger partial charge >= 0.3 is 14.1 Å². The SMILES string of the molecule is BOC(=O)CCO/N=C(\C(=O)N[C@@H]1C(=O)N2C=C(CCl)C[S+]([O-])[C@H]12)c1nc(NC(=O)OC(C)(C)C)sc1Cl. The van der Waals surface area contributed by atoms with Crippen molar-refractivity contribution >= 4 is 88.5 Å². The van der Waals surface area contributed by atoms with Gasteiger partial charge in [0.05, 0.1) is 6.42 Å². The molecule has 1 fully saturated rings.